The smallest absolute Gasteiger partial charge is 0.120 e. The molecule has 0 bridgehead atoms. The molecule has 0 aliphatic carbocycles. The van der Waals surface area contributed by atoms with Crippen molar-refractivity contribution in [3.63, 3.8) is 0 Å². The van der Waals surface area contributed by atoms with E-state index in [1.165, 1.54) is 16.7 Å². The monoisotopic (exact) mass is 624 g/mol. The largest absolute Gasteiger partial charge is 0.303 e. The van der Waals surface area contributed by atoms with Crippen LogP contribution < -0.4 is 0 Å². The van der Waals surface area contributed by atoms with Gasteiger partial charge in [0.05, 0.1) is 0 Å². The zero-order valence-corrected chi connectivity index (χ0v) is 17.8. The fourth-order valence-corrected chi connectivity index (χ4v) is 6.89. The van der Waals surface area contributed by atoms with E-state index in [4.69, 9.17) is 0 Å². The minimum absolute atomic E-state index is 0.493. The number of carbonyl (C=O) groups is 3. The van der Waals surface area contributed by atoms with Gasteiger partial charge in [-0.2, -0.15) is 0 Å². The molecule has 0 radical (unpaired) electrons. The van der Waals surface area contributed by atoms with Gasteiger partial charge < -0.3 is 14.4 Å². The molecule has 0 amide bonds. The quantitative estimate of drug-likeness (QED) is 0.310. The molecule has 0 heterocycles. The second-order valence-corrected chi connectivity index (χ2v) is 7.73. The van der Waals surface area contributed by atoms with Crippen LogP contribution in [0.5, 0.6) is 0 Å². The van der Waals surface area contributed by atoms with Crippen LogP contribution in [0.3, 0.4) is 0 Å². The third-order valence-electron chi connectivity index (χ3n) is 3.13. The zero-order valence-electron chi connectivity index (χ0n) is 11.3. The second-order valence-electron chi connectivity index (χ2n) is 4.49. The van der Waals surface area contributed by atoms with Gasteiger partial charge in [-0.3, -0.25) is 0 Å². The van der Waals surface area contributed by atoms with Crippen LogP contribution in [0, 0.1) is 10.7 Å². The van der Waals surface area contributed by atoms with Gasteiger partial charge in [0.25, 0.3) is 0 Å². The topological polar surface area (TPSA) is 51.2 Å². The Morgan fingerprint density at radius 3 is 1.00 bits per heavy atom. The SMILES string of the molecule is O=CCCc1c(I)c(CCC=O)c(I)c(CCC=O)c1I. The summed E-state index contributed by atoms with van der Waals surface area (Å²) in [6.07, 6.45) is 6.39. The Hall–Kier alpha value is 0.420. The number of aldehydes is 3. The van der Waals surface area contributed by atoms with Crippen LogP contribution in [0.15, 0.2) is 0 Å². The molecule has 1 aromatic rings. The van der Waals surface area contributed by atoms with Crippen LogP contribution in [-0.4, -0.2) is 18.9 Å². The van der Waals surface area contributed by atoms with Crippen molar-refractivity contribution in [3.8, 4) is 0 Å². The van der Waals surface area contributed by atoms with E-state index in [9.17, 15) is 14.4 Å². The summed E-state index contributed by atoms with van der Waals surface area (Å²) < 4.78 is 3.46. The van der Waals surface area contributed by atoms with Gasteiger partial charge in [0.1, 0.15) is 18.9 Å². The lowest BCUT2D eigenvalue weighted by Crippen LogP contribution is -2.09. The number of hydrogen-bond donors (Lipinski definition) is 0. The first-order valence-corrected chi connectivity index (χ1v) is 9.80. The Balaban J connectivity index is 3.36. The molecule has 0 aliphatic rings. The van der Waals surface area contributed by atoms with Crippen LogP contribution in [0.4, 0.5) is 0 Å². The molecule has 0 atom stereocenters. The fraction of sp³-hybridized carbons (Fsp3) is 0.400. The van der Waals surface area contributed by atoms with Crippen LogP contribution in [0.25, 0.3) is 0 Å². The van der Waals surface area contributed by atoms with Crippen molar-refractivity contribution in [2.75, 3.05) is 0 Å². The van der Waals surface area contributed by atoms with E-state index in [1.807, 2.05) is 0 Å². The van der Waals surface area contributed by atoms with Crippen molar-refractivity contribution in [1.82, 2.24) is 0 Å². The van der Waals surface area contributed by atoms with Crippen molar-refractivity contribution >= 4 is 86.6 Å². The summed E-state index contributed by atoms with van der Waals surface area (Å²) in [5.41, 5.74) is 3.52. The summed E-state index contributed by atoms with van der Waals surface area (Å²) >= 11 is 6.94. The highest BCUT2D eigenvalue weighted by atomic mass is 127. The van der Waals surface area contributed by atoms with E-state index >= 15 is 0 Å². The van der Waals surface area contributed by atoms with Gasteiger partial charge in [0.2, 0.25) is 0 Å². The minimum atomic E-state index is 0.493. The molecule has 0 aromatic heterocycles. The number of benzene rings is 1. The lowest BCUT2D eigenvalue weighted by Gasteiger charge is -2.18. The standard InChI is InChI=1S/C15H15I3O3/c16-13-10(4-1-7-19)14(17)12(6-3-9-21)15(18)11(13)5-2-8-20/h7-9H,1-6H2. The lowest BCUT2D eigenvalue weighted by atomic mass is 9.97. The van der Waals surface area contributed by atoms with E-state index < -0.39 is 0 Å². The highest BCUT2D eigenvalue weighted by Crippen LogP contribution is 2.34. The summed E-state index contributed by atoms with van der Waals surface area (Å²) in [5, 5.41) is 0. The molecule has 114 valence electrons. The minimum Gasteiger partial charge on any atom is -0.303 e. The van der Waals surface area contributed by atoms with E-state index in [0.717, 1.165) is 29.6 Å². The zero-order chi connectivity index (χ0) is 15.8. The Labute approximate surface area is 165 Å². The molecule has 6 heteroatoms. The first kappa shape index (κ1) is 19.5. The molecule has 0 saturated carbocycles. The molecule has 0 saturated heterocycles. The highest BCUT2D eigenvalue weighted by Gasteiger charge is 2.19. The predicted octanol–water partition coefficient (Wildman–Crippen LogP) is 3.89. The Bertz CT molecular complexity index is 444. The first-order chi connectivity index (χ1) is 10.1. The maximum atomic E-state index is 10.7. The summed E-state index contributed by atoms with van der Waals surface area (Å²) in [6.45, 7) is 0. The average Bonchev–Trinajstić information content (AvgIpc) is 2.47. The van der Waals surface area contributed by atoms with E-state index in [0.29, 0.717) is 38.5 Å². The van der Waals surface area contributed by atoms with Crippen molar-refractivity contribution in [3.05, 3.63) is 27.4 Å². The predicted molar refractivity (Wildman–Crippen MR) is 108 cm³/mol. The van der Waals surface area contributed by atoms with Crippen LogP contribution in [0.2, 0.25) is 0 Å². The van der Waals surface area contributed by atoms with Gasteiger partial charge in [-0.15, -0.1) is 0 Å². The first-order valence-electron chi connectivity index (χ1n) is 6.56. The highest BCUT2D eigenvalue weighted by molar-refractivity contribution is 14.1. The molecule has 0 N–H and O–H groups in total. The number of halogens is 3. The normalized spacial score (nSPS) is 10.4. The lowest BCUT2D eigenvalue weighted by molar-refractivity contribution is -0.108. The Morgan fingerprint density at radius 2 is 0.810 bits per heavy atom. The molecular weight excluding hydrogens is 609 g/mol. The third-order valence-corrected chi connectivity index (χ3v) is 7.03. The summed E-state index contributed by atoms with van der Waals surface area (Å²) in [6, 6.07) is 0. The van der Waals surface area contributed by atoms with Gasteiger partial charge in [0.15, 0.2) is 0 Å². The molecule has 0 spiro atoms. The van der Waals surface area contributed by atoms with Crippen molar-refractivity contribution in [2.45, 2.75) is 38.5 Å². The number of carbonyl (C=O) groups excluding carboxylic acids is 3. The van der Waals surface area contributed by atoms with Gasteiger partial charge in [0, 0.05) is 30.0 Å². The van der Waals surface area contributed by atoms with Gasteiger partial charge in [-0.05, 0) is 104 Å². The maximum Gasteiger partial charge on any atom is 0.120 e. The van der Waals surface area contributed by atoms with Gasteiger partial charge in [-0.1, -0.05) is 0 Å². The maximum absolute atomic E-state index is 10.7. The second kappa shape index (κ2) is 10.2. The third kappa shape index (κ3) is 5.22. The van der Waals surface area contributed by atoms with Gasteiger partial charge >= 0.3 is 0 Å². The molecule has 1 aromatic carbocycles. The Kier molecular flexibility index (Phi) is 9.49. The van der Waals surface area contributed by atoms with E-state index in [1.54, 1.807) is 0 Å². The molecule has 0 unspecified atom stereocenters. The average molecular weight is 624 g/mol. The van der Waals surface area contributed by atoms with Crippen molar-refractivity contribution in [1.29, 1.82) is 0 Å². The molecule has 21 heavy (non-hydrogen) atoms. The molecule has 0 fully saturated rings. The van der Waals surface area contributed by atoms with Crippen molar-refractivity contribution in [2.24, 2.45) is 0 Å². The summed E-state index contributed by atoms with van der Waals surface area (Å²) in [5.74, 6) is 0. The summed E-state index contributed by atoms with van der Waals surface area (Å²) in [7, 11) is 0. The number of rotatable bonds is 9. The molecule has 1 rings (SSSR count). The van der Waals surface area contributed by atoms with Crippen LogP contribution in [-0.2, 0) is 33.6 Å². The van der Waals surface area contributed by atoms with Crippen LogP contribution >= 0.6 is 67.8 Å². The Morgan fingerprint density at radius 1 is 0.571 bits per heavy atom. The van der Waals surface area contributed by atoms with Crippen LogP contribution in [0.1, 0.15) is 36.0 Å². The molecule has 0 aliphatic heterocycles. The van der Waals surface area contributed by atoms with Gasteiger partial charge in [-0.25, -0.2) is 0 Å². The van der Waals surface area contributed by atoms with Crippen molar-refractivity contribution < 1.29 is 14.4 Å². The molecular formula is C15H15I3O3. The number of hydrogen-bond acceptors (Lipinski definition) is 3. The molecule has 3 nitrogen and oxygen atoms in total. The van der Waals surface area contributed by atoms with E-state index in [2.05, 4.69) is 67.8 Å². The van der Waals surface area contributed by atoms with E-state index in [-0.39, 0.29) is 0 Å². The summed E-state index contributed by atoms with van der Waals surface area (Å²) in [4.78, 5) is 32.0. The fourth-order valence-electron chi connectivity index (χ4n) is 2.10.